The van der Waals surface area contributed by atoms with Crippen molar-refractivity contribution >= 4 is 27.7 Å². The molecule has 0 radical (unpaired) electrons. The van der Waals surface area contributed by atoms with Crippen LogP contribution in [0.2, 0.25) is 0 Å². The second kappa shape index (κ2) is 3.64. The fourth-order valence-electron chi connectivity index (χ4n) is 1.52. The van der Waals surface area contributed by atoms with Gasteiger partial charge in [-0.05, 0) is 31.0 Å². The molecule has 0 amide bonds. The van der Waals surface area contributed by atoms with Crippen LogP contribution < -0.4 is 0 Å². The van der Waals surface area contributed by atoms with E-state index in [4.69, 9.17) is 0 Å². The van der Waals surface area contributed by atoms with Crippen LogP contribution in [0.25, 0.3) is 0 Å². The maximum Gasteiger partial charge on any atom is 0.0637 e. The molecule has 1 aliphatic rings. The van der Waals surface area contributed by atoms with Gasteiger partial charge in [0.05, 0.1) is 6.10 Å². The molecule has 13 heavy (non-hydrogen) atoms. The summed E-state index contributed by atoms with van der Waals surface area (Å²) >= 11 is 5.31. The molecule has 1 aromatic carbocycles. The Morgan fingerprint density at radius 2 is 2.38 bits per heavy atom. The topological polar surface area (TPSA) is 20.2 Å². The zero-order valence-corrected chi connectivity index (χ0v) is 9.73. The van der Waals surface area contributed by atoms with Crippen molar-refractivity contribution in [1.82, 2.24) is 0 Å². The van der Waals surface area contributed by atoms with Gasteiger partial charge in [0, 0.05) is 14.6 Å². The number of aliphatic hydroxyl groups is 1. The third kappa shape index (κ3) is 1.78. The molecule has 70 valence electrons. The average molecular weight is 259 g/mol. The summed E-state index contributed by atoms with van der Waals surface area (Å²) in [6.45, 7) is 1.86. The van der Waals surface area contributed by atoms with Crippen LogP contribution in [0.3, 0.4) is 0 Å². The highest BCUT2D eigenvalue weighted by Crippen LogP contribution is 2.41. The molecule has 0 fully saturated rings. The molecule has 1 nitrogen and oxygen atoms in total. The lowest BCUT2D eigenvalue weighted by Crippen LogP contribution is -2.18. The zero-order chi connectivity index (χ0) is 9.42. The van der Waals surface area contributed by atoms with Crippen LogP contribution in [0.15, 0.2) is 27.6 Å². The van der Waals surface area contributed by atoms with E-state index >= 15 is 0 Å². The molecule has 2 unspecified atom stereocenters. The van der Waals surface area contributed by atoms with Crippen molar-refractivity contribution in [3.05, 3.63) is 28.2 Å². The minimum absolute atomic E-state index is 0.232. The molecule has 1 aromatic rings. The Bertz CT molecular complexity index is 325. The first-order valence-electron chi connectivity index (χ1n) is 4.30. The molecule has 2 rings (SSSR count). The summed E-state index contributed by atoms with van der Waals surface area (Å²) in [6, 6.07) is 6.22. The van der Waals surface area contributed by atoms with E-state index in [2.05, 4.69) is 28.1 Å². The van der Waals surface area contributed by atoms with Crippen molar-refractivity contribution in [2.45, 2.75) is 29.6 Å². The lowest BCUT2D eigenvalue weighted by molar-refractivity contribution is 0.192. The van der Waals surface area contributed by atoms with Crippen molar-refractivity contribution in [3.8, 4) is 0 Å². The van der Waals surface area contributed by atoms with Crippen LogP contribution in [0, 0.1) is 0 Å². The highest BCUT2D eigenvalue weighted by atomic mass is 79.9. The van der Waals surface area contributed by atoms with Crippen LogP contribution in [-0.4, -0.2) is 16.5 Å². The molecule has 1 aliphatic heterocycles. The number of benzene rings is 1. The normalized spacial score (nSPS) is 22.8. The molecule has 3 heteroatoms. The predicted octanol–water partition coefficient (Wildman–Crippen LogP) is 2.85. The van der Waals surface area contributed by atoms with E-state index in [1.165, 1.54) is 14.9 Å². The Balaban J connectivity index is 2.30. The van der Waals surface area contributed by atoms with Gasteiger partial charge in [0.15, 0.2) is 0 Å². The Hall–Kier alpha value is 0.01000. The summed E-state index contributed by atoms with van der Waals surface area (Å²) in [5.41, 5.74) is 1.35. The number of hydrogen-bond acceptors (Lipinski definition) is 2. The third-order valence-corrected chi connectivity index (χ3v) is 4.54. The van der Waals surface area contributed by atoms with Crippen molar-refractivity contribution in [1.29, 1.82) is 0 Å². The number of fused-ring (bicyclic) bond motifs is 1. The van der Waals surface area contributed by atoms with Crippen molar-refractivity contribution < 1.29 is 5.11 Å². The van der Waals surface area contributed by atoms with E-state index in [9.17, 15) is 5.11 Å². The van der Waals surface area contributed by atoms with E-state index in [-0.39, 0.29) is 6.10 Å². The molecule has 2 atom stereocenters. The molecule has 1 N–H and O–H groups in total. The lowest BCUT2D eigenvalue weighted by atomic mass is 10.1. The molecule has 0 aromatic heterocycles. The SMILES string of the molecule is CC(O)C1Cc2c(Br)cccc2S1. The van der Waals surface area contributed by atoms with Gasteiger partial charge in [-0.25, -0.2) is 0 Å². The van der Waals surface area contributed by atoms with Crippen LogP contribution >= 0.6 is 27.7 Å². The van der Waals surface area contributed by atoms with Gasteiger partial charge >= 0.3 is 0 Å². The van der Waals surface area contributed by atoms with Gasteiger partial charge in [-0.3, -0.25) is 0 Å². The predicted molar refractivity (Wildman–Crippen MR) is 59.2 cm³/mol. The highest BCUT2D eigenvalue weighted by Gasteiger charge is 2.26. The van der Waals surface area contributed by atoms with Crippen LogP contribution in [-0.2, 0) is 6.42 Å². The summed E-state index contributed by atoms with van der Waals surface area (Å²) in [7, 11) is 0. The van der Waals surface area contributed by atoms with Crippen LogP contribution in [0.5, 0.6) is 0 Å². The average Bonchev–Trinajstić information content (AvgIpc) is 2.49. The summed E-state index contributed by atoms with van der Waals surface area (Å²) in [6.07, 6.45) is 0.739. The maximum atomic E-state index is 9.48. The molecular formula is C10H11BrOS. The maximum absolute atomic E-state index is 9.48. The van der Waals surface area contributed by atoms with Gasteiger partial charge in [0.1, 0.15) is 0 Å². The molecule has 0 spiro atoms. The van der Waals surface area contributed by atoms with Crippen molar-refractivity contribution in [3.63, 3.8) is 0 Å². The first kappa shape index (κ1) is 9.56. The van der Waals surface area contributed by atoms with Crippen molar-refractivity contribution in [2.24, 2.45) is 0 Å². The van der Waals surface area contributed by atoms with E-state index in [1.54, 1.807) is 11.8 Å². The summed E-state index contributed by atoms with van der Waals surface area (Å²) in [5, 5.41) is 9.81. The first-order chi connectivity index (χ1) is 6.18. The molecule has 0 bridgehead atoms. The highest BCUT2D eigenvalue weighted by molar-refractivity contribution is 9.10. The minimum atomic E-state index is -0.232. The van der Waals surface area contributed by atoms with E-state index in [0.717, 1.165) is 6.42 Å². The second-order valence-electron chi connectivity index (χ2n) is 3.32. The van der Waals surface area contributed by atoms with Gasteiger partial charge in [0.25, 0.3) is 0 Å². The second-order valence-corrected chi connectivity index (χ2v) is 5.45. The number of rotatable bonds is 1. The van der Waals surface area contributed by atoms with Gasteiger partial charge in [-0.2, -0.15) is 0 Å². The molecule has 0 saturated carbocycles. The van der Waals surface area contributed by atoms with E-state index in [0.29, 0.717) is 5.25 Å². The lowest BCUT2D eigenvalue weighted by Gasteiger charge is -2.10. The summed E-state index contributed by atoms with van der Waals surface area (Å²) in [4.78, 5) is 1.31. The molecule has 1 heterocycles. The number of thioether (sulfide) groups is 1. The van der Waals surface area contributed by atoms with Crippen LogP contribution in [0.4, 0.5) is 0 Å². The number of halogens is 1. The van der Waals surface area contributed by atoms with Crippen LogP contribution in [0.1, 0.15) is 12.5 Å². The fourth-order valence-corrected chi connectivity index (χ4v) is 3.45. The summed E-state index contributed by atoms with van der Waals surface area (Å²) < 4.78 is 1.17. The van der Waals surface area contributed by atoms with Gasteiger partial charge < -0.3 is 5.11 Å². The Morgan fingerprint density at radius 1 is 1.62 bits per heavy atom. The van der Waals surface area contributed by atoms with Gasteiger partial charge in [-0.15, -0.1) is 11.8 Å². The number of hydrogen-bond donors (Lipinski definition) is 1. The molecule has 0 aliphatic carbocycles. The van der Waals surface area contributed by atoms with E-state index in [1.807, 2.05) is 13.0 Å². The Labute approximate surface area is 90.7 Å². The summed E-state index contributed by atoms with van der Waals surface area (Å²) in [5.74, 6) is 0. The van der Waals surface area contributed by atoms with E-state index < -0.39 is 0 Å². The zero-order valence-electron chi connectivity index (χ0n) is 7.33. The monoisotopic (exact) mass is 258 g/mol. The molecule has 0 saturated heterocycles. The van der Waals surface area contributed by atoms with Crippen molar-refractivity contribution in [2.75, 3.05) is 0 Å². The smallest absolute Gasteiger partial charge is 0.0637 e. The van der Waals surface area contributed by atoms with Gasteiger partial charge in [0.2, 0.25) is 0 Å². The largest absolute Gasteiger partial charge is 0.392 e. The van der Waals surface area contributed by atoms with Gasteiger partial charge in [-0.1, -0.05) is 22.0 Å². The minimum Gasteiger partial charge on any atom is -0.392 e. The first-order valence-corrected chi connectivity index (χ1v) is 5.98. The standard InChI is InChI=1S/C10H11BrOS/c1-6(12)10-5-7-8(11)3-2-4-9(7)13-10/h2-4,6,10,12H,5H2,1H3. The third-order valence-electron chi connectivity index (χ3n) is 2.30. The fraction of sp³-hybridized carbons (Fsp3) is 0.400. The number of aliphatic hydroxyl groups excluding tert-OH is 1. The molecular weight excluding hydrogens is 248 g/mol. The quantitative estimate of drug-likeness (QED) is 0.836. The Morgan fingerprint density at radius 3 is 3.00 bits per heavy atom. The Kier molecular flexibility index (Phi) is 2.67.